The van der Waals surface area contributed by atoms with Crippen LogP contribution in [0.2, 0.25) is 0 Å². The Morgan fingerprint density at radius 1 is 1.22 bits per heavy atom. The number of nitrogens with zero attached hydrogens (tertiary/aromatic N) is 1. The quantitative estimate of drug-likeness (QED) is 0.858. The first-order valence-corrected chi connectivity index (χ1v) is 5.82. The van der Waals surface area contributed by atoms with Gasteiger partial charge in [-0.1, -0.05) is 22.0 Å². The first-order chi connectivity index (χ1) is 8.61. The summed E-state index contributed by atoms with van der Waals surface area (Å²) in [6.07, 6.45) is 0. The number of nitrogens with two attached hydrogens (primary N) is 1. The molecular weight excluding hydrogens is 299 g/mol. The highest BCUT2D eigenvalue weighted by molar-refractivity contribution is 9.10. The van der Waals surface area contributed by atoms with Crippen molar-refractivity contribution in [2.24, 2.45) is 0 Å². The van der Waals surface area contributed by atoms with Crippen LogP contribution < -0.4 is 10.5 Å². The topological polar surface area (TPSA) is 59.0 Å². The Balaban J connectivity index is 2.41. The number of rotatable bonds is 2. The number of nitrogen functional groups attached to an aromatic ring is 1. The van der Waals surface area contributed by atoms with E-state index in [9.17, 15) is 4.39 Å². The second kappa shape index (κ2) is 5.07. The van der Waals surface area contributed by atoms with Crippen LogP contribution in [0.3, 0.4) is 0 Å². The zero-order valence-electron chi connectivity index (χ0n) is 9.15. The first kappa shape index (κ1) is 12.4. The zero-order valence-corrected chi connectivity index (χ0v) is 10.7. The molecule has 5 heteroatoms. The summed E-state index contributed by atoms with van der Waals surface area (Å²) in [6.45, 7) is 0. The van der Waals surface area contributed by atoms with Gasteiger partial charge in [0.15, 0.2) is 17.3 Å². The lowest BCUT2D eigenvalue weighted by Crippen LogP contribution is -1.96. The third-order valence-corrected chi connectivity index (χ3v) is 2.79. The summed E-state index contributed by atoms with van der Waals surface area (Å²) in [5.74, 6) is -0.197. The van der Waals surface area contributed by atoms with E-state index in [-0.39, 0.29) is 17.2 Å². The maximum atomic E-state index is 13.5. The van der Waals surface area contributed by atoms with Crippen LogP contribution in [0, 0.1) is 17.1 Å². The van der Waals surface area contributed by atoms with Crippen LogP contribution in [0.4, 0.5) is 10.1 Å². The Labute approximate surface area is 112 Å². The predicted molar refractivity (Wildman–Crippen MR) is 69.7 cm³/mol. The number of hydrogen-bond acceptors (Lipinski definition) is 3. The SMILES string of the molecule is N#Cc1cccc(Oc2cc(Br)ccc2F)c1N. The number of para-hydroxylation sites is 1. The monoisotopic (exact) mass is 306 g/mol. The number of anilines is 1. The highest BCUT2D eigenvalue weighted by Crippen LogP contribution is 2.32. The van der Waals surface area contributed by atoms with Crippen molar-refractivity contribution in [1.82, 2.24) is 0 Å². The van der Waals surface area contributed by atoms with E-state index in [0.717, 1.165) is 0 Å². The zero-order chi connectivity index (χ0) is 13.1. The van der Waals surface area contributed by atoms with Crippen LogP contribution in [0.1, 0.15) is 5.56 Å². The van der Waals surface area contributed by atoms with E-state index in [0.29, 0.717) is 10.0 Å². The Hall–Kier alpha value is -2.06. The smallest absolute Gasteiger partial charge is 0.165 e. The van der Waals surface area contributed by atoms with Gasteiger partial charge in [0.05, 0.1) is 11.3 Å². The molecule has 0 amide bonds. The lowest BCUT2D eigenvalue weighted by Gasteiger charge is -2.10. The van der Waals surface area contributed by atoms with Crippen molar-refractivity contribution in [2.45, 2.75) is 0 Å². The Morgan fingerprint density at radius 3 is 2.72 bits per heavy atom. The van der Waals surface area contributed by atoms with Gasteiger partial charge in [0.2, 0.25) is 0 Å². The highest BCUT2D eigenvalue weighted by Gasteiger charge is 2.10. The molecule has 2 rings (SSSR count). The largest absolute Gasteiger partial charge is 0.452 e. The van der Waals surface area contributed by atoms with Gasteiger partial charge in [0.1, 0.15) is 6.07 Å². The number of halogens is 2. The molecule has 90 valence electrons. The number of nitriles is 1. The average Bonchev–Trinajstić information content (AvgIpc) is 2.36. The molecule has 0 spiro atoms. The minimum absolute atomic E-state index is 0.0474. The Morgan fingerprint density at radius 2 is 2.00 bits per heavy atom. The van der Waals surface area contributed by atoms with Gasteiger partial charge >= 0.3 is 0 Å². The van der Waals surface area contributed by atoms with Crippen molar-refractivity contribution in [3.8, 4) is 17.6 Å². The summed E-state index contributed by atoms with van der Waals surface area (Å²) in [7, 11) is 0. The Bertz CT molecular complexity index is 637. The molecule has 2 aromatic rings. The highest BCUT2D eigenvalue weighted by atomic mass is 79.9. The summed E-state index contributed by atoms with van der Waals surface area (Å²) in [5, 5.41) is 8.84. The van der Waals surface area contributed by atoms with E-state index >= 15 is 0 Å². The molecule has 3 nitrogen and oxygen atoms in total. The number of benzene rings is 2. The average molecular weight is 307 g/mol. The minimum atomic E-state index is -0.500. The second-order valence-corrected chi connectivity index (χ2v) is 4.42. The van der Waals surface area contributed by atoms with Crippen molar-refractivity contribution in [3.05, 3.63) is 52.3 Å². The van der Waals surface area contributed by atoms with Crippen LogP contribution in [0.15, 0.2) is 40.9 Å². The number of ether oxygens (including phenoxy) is 1. The predicted octanol–water partition coefficient (Wildman–Crippen LogP) is 3.83. The molecule has 0 unspecified atom stereocenters. The Kier molecular flexibility index (Phi) is 3.49. The van der Waals surface area contributed by atoms with E-state index in [1.807, 2.05) is 6.07 Å². The van der Waals surface area contributed by atoms with E-state index in [2.05, 4.69) is 15.9 Å². The molecule has 0 fully saturated rings. The standard InChI is InChI=1S/C13H8BrFN2O/c14-9-4-5-10(15)12(6-9)18-11-3-1-2-8(7-16)13(11)17/h1-6H,17H2. The van der Waals surface area contributed by atoms with Gasteiger partial charge < -0.3 is 10.5 Å². The third kappa shape index (κ3) is 2.44. The molecule has 0 aromatic heterocycles. The van der Waals surface area contributed by atoms with Crippen LogP contribution >= 0.6 is 15.9 Å². The molecule has 0 aliphatic heterocycles. The first-order valence-electron chi connectivity index (χ1n) is 5.03. The van der Waals surface area contributed by atoms with Gasteiger partial charge in [-0.05, 0) is 30.3 Å². The fourth-order valence-corrected chi connectivity index (χ4v) is 1.74. The van der Waals surface area contributed by atoms with Crippen molar-refractivity contribution in [1.29, 1.82) is 5.26 Å². The molecular formula is C13H8BrFN2O. The normalized spacial score (nSPS) is 9.83. The van der Waals surface area contributed by atoms with Crippen molar-refractivity contribution < 1.29 is 9.13 Å². The second-order valence-electron chi connectivity index (χ2n) is 3.51. The molecule has 0 bridgehead atoms. The van der Waals surface area contributed by atoms with Gasteiger partial charge in [0, 0.05) is 4.47 Å². The summed E-state index contributed by atoms with van der Waals surface area (Å²) in [6, 6.07) is 11.1. The van der Waals surface area contributed by atoms with Crippen molar-refractivity contribution in [3.63, 3.8) is 0 Å². The maximum absolute atomic E-state index is 13.5. The molecule has 0 saturated carbocycles. The summed E-state index contributed by atoms with van der Waals surface area (Å²) in [5.41, 5.74) is 6.24. The van der Waals surface area contributed by atoms with Crippen molar-refractivity contribution in [2.75, 3.05) is 5.73 Å². The lowest BCUT2D eigenvalue weighted by molar-refractivity contribution is 0.443. The van der Waals surface area contributed by atoms with Crippen molar-refractivity contribution >= 4 is 21.6 Å². The van der Waals surface area contributed by atoms with Gasteiger partial charge in [-0.3, -0.25) is 0 Å². The third-order valence-electron chi connectivity index (χ3n) is 2.30. The molecule has 18 heavy (non-hydrogen) atoms. The maximum Gasteiger partial charge on any atom is 0.165 e. The van der Waals surface area contributed by atoms with E-state index in [4.69, 9.17) is 15.7 Å². The summed E-state index contributed by atoms with van der Waals surface area (Å²) in [4.78, 5) is 0. The molecule has 2 aromatic carbocycles. The molecule has 0 atom stereocenters. The van der Waals surface area contributed by atoms with Gasteiger partial charge in [0.25, 0.3) is 0 Å². The molecule has 2 N–H and O–H groups in total. The van der Waals surface area contributed by atoms with E-state index < -0.39 is 5.82 Å². The molecule has 0 heterocycles. The van der Waals surface area contributed by atoms with Crippen LogP contribution in [-0.2, 0) is 0 Å². The van der Waals surface area contributed by atoms with Gasteiger partial charge in [-0.15, -0.1) is 0 Å². The fourth-order valence-electron chi connectivity index (χ4n) is 1.40. The molecule has 0 aliphatic rings. The van der Waals surface area contributed by atoms with E-state index in [1.165, 1.54) is 12.1 Å². The molecule has 0 radical (unpaired) electrons. The van der Waals surface area contributed by atoms with Gasteiger partial charge in [-0.25, -0.2) is 4.39 Å². The van der Waals surface area contributed by atoms with Crippen LogP contribution in [0.5, 0.6) is 11.5 Å². The summed E-state index contributed by atoms with van der Waals surface area (Å²) < 4.78 is 19.6. The van der Waals surface area contributed by atoms with E-state index in [1.54, 1.807) is 24.3 Å². The number of hydrogen-bond donors (Lipinski definition) is 1. The molecule has 0 saturated heterocycles. The summed E-state index contributed by atoms with van der Waals surface area (Å²) >= 11 is 3.23. The van der Waals surface area contributed by atoms with Crippen LogP contribution in [-0.4, -0.2) is 0 Å². The van der Waals surface area contributed by atoms with Crippen LogP contribution in [0.25, 0.3) is 0 Å². The fraction of sp³-hybridized carbons (Fsp3) is 0. The van der Waals surface area contributed by atoms with Gasteiger partial charge in [-0.2, -0.15) is 5.26 Å². The lowest BCUT2D eigenvalue weighted by atomic mass is 10.2. The molecule has 0 aliphatic carbocycles. The minimum Gasteiger partial charge on any atom is -0.452 e.